The van der Waals surface area contributed by atoms with Crippen molar-refractivity contribution in [1.82, 2.24) is 0 Å². The van der Waals surface area contributed by atoms with Crippen LogP contribution in [0.4, 0.5) is 8.78 Å². The van der Waals surface area contributed by atoms with Gasteiger partial charge in [-0.3, -0.25) is 0 Å². The molecular formula is C12H12F2O3. The lowest BCUT2D eigenvalue weighted by Gasteiger charge is -2.26. The number of hydrogen-bond acceptors (Lipinski definition) is 2. The van der Waals surface area contributed by atoms with Crippen molar-refractivity contribution >= 4 is 5.97 Å². The van der Waals surface area contributed by atoms with Crippen LogP contribution < -0.4 is 4.74 Å². The summed E-state index contributed by atoms with van der Waals surface area (Å²) >= 11 is 0. The molecular weight excluding hydrogens is 230 g/mol. The molecule has 17 heavy (non-hydrogen) atoms. The van der Waals surface area contributed by atoms with Crippen molar-refractivity contribution in [3.05, 3.63) is 29.8 Å². The van der Waals surface area contributed by atoms with E-state index in [-0.39, 0.29) is 11.7 Å². The Bertz CT molecular complexity index is 457. The number of benzene rings is 1. The average Bonchev–Trinajstić information content (AvgIpc) is 3.08. The van der Waals surface area contributed by atoms with Gasteiger partial charge in [0.05, 0.1) is 0 Å². The smallest absolute Gasteiger partial charge is 0.348 e. The summed E-state index contributed by atoms with van der Waals surface area (Å²) in [5.74, 6) is -3.88. The summed E-state index contributed by atoms with van der Waals surface area (Å²) in [4.78, 5) is 11.2. The third-order valence-electron chi connectivity index (χ3n) is 3.02. The van der Waals surface area contributed by atoms with Gasteiger partial charge in [0.15, 0.2) is 11.6 Å². The molecule has 0 radical (unpaired) electrons. The molecule has 1 aromatic rings. The fourth-order valence-electron chi connectivity index (χ4n) is 1.73. The Hall–Kier alpha value is -1.65. The molecule has 0 amide bonds. The van der Waals surface area contributed by atoms with Crippen LogP contribution in [0.25, 0.3) is 0 Å². The van der Waals surface area contributed by atoms with Crippen LogP contribution in [0.2, 0.25) is 0 Å². The summed E-state index contributed by atoms with van der Waals surface area (Å²) in [7, 11) is 0. The number of halogens is 2. The Morgan fingerprint density at radius 2 is 2.12 bits per heavy atom. The minimum absolute atomic E-state index is 0.150. The first-order valence-electron chi connectivity index (χ1n) is 5.31. The van der Waals surface area contributed by atoms with Gasteiger partial charge in [0, 0.05) is 5.92 Å². The maximum absolute atomic E-state index is 13.4. The van der Waals surface area contributed by atoms with Gasteiger partial charge in [0.2, 0.25) is 11.4 Å². The maximum Gasteiger partial charge on any atom is 0.348 e. The van der Waals surface area contributed by atoms with Crippen molar-refractivity contribution in [1.29, 1.82) is 0 Å². The van der Waals surface area contributed by atoms with Crippen LogP contribution in [0.15, 0.2) is 18.2 Å². The first kappa shape index (κ1) is 11.8. The summed E-state index contributed by atoms with van der Waals surface area (Å²) in [6, 6.07) is 3.46. The molecule has 1 atom stereocenters. The van der Waals surface area contributed by atoms with E-state index in [0.717, 1.165) is 18.9 Å². The van der Waals surface area contributed by atoms with E-state index in [0.29, 0.717) is 0 Å². The second kappa shape index (κ2) is 3.98. The van der Waals surface area contributed by atoms with Crippen LogP contribution in [-0.2, 0) is 4.79 Å². The molecule has 1 saturated carbocycles. The number of aliphatic carboxylic acids is 1. The quantitative estimate of drug-likeness (QED) is 0.882. The minimum atomic E-state index is -1.49. The highest BCUT2D eigenvalue weighted by Gasteiger charge is 2.50. The van der Waals surface area contributed by atoms with Crippen LogP contribution in [0.1, 0.15) is 19.8 Å². The Kier molecular flexibility index (Phi) is 2.77. The predicted molar refractivity (Wildman–Crippen MR) is 55.8 cm³/mol. The number of carboxylic acids is 1. The zero-order valence-corrected chi connectivity index (χ0v) is 9.24. The Balaban J connectivity index is 2.29. The lowest BCUT2D eigenvalue weighted by atomic mass is 10.0. The van der Waals surface area contributed by atoms with Gasteiger partial charge in [-0.25, -0.2) is 9.18 Å². The third kappa shape index (κ3) is 2.09. The van der Waals surface area contributed by atoms with Crippen molar-refractivity contribution in [2.24, 2.45) is 5.92 Å². The fraction of sp³-hybridized carbons (Fsp3) is 0.417. The monoisotopic (exact) mass is 242 g/mol. The third-order valence-corrected chi connectivity index (χ3v) is 3.02. The number of hydrogen-bond donors (Lipinski definition) is 1. The molecule has 1 aliphatic carbocycles. The summed E-state index contributed by atoms with van der Waals surface area (Å²) in [6.45, 7) is 1.39. The molecule has 1 aliphatic rings. The van der Waals surface area contributed by atoms with Gasteiger partial charge in [0.25, 0.3) is 0 Å². The van der Waals surface area contributed by atoms with Crippen molar-refractivity contribution in [2.75, 3.05) is 0 Å². The second-order valence-electron chi connectivity index (χ2n) is 4.34. The summed E-state index contributed by atoms with van der Waals surface area (Å²) in [6.07, 6.45) is 1.44. The molecule has 92 valence electrons. The van der Waals surface area contributed by atoms with E-state index >= 15 is 0 Å². The molecule has 0 bridgehead atoms. The first-order chi connectivity index (χ1) is 7.95. The molecule has 0 saturated heterocycles. The van der Waals surface area contributed by atoms with Crippen LogP contribution in [0, 0.1) is 17.6 Å². The van der Waals surface area contributed by atoms with Crippen molar-refractivity contribution in [2.45, 2.75) is 25.4 Å². The van der Waals surface area contributed by atoms with Gasteiger partial charge in [-0.05, 0) is 31.9 Å². The van der Waals surface area contributed by atoms with E-state index in [1.807, 2.05) is 0 Å². The highest BCUT2D eigenvalue weighted by Crippen LogP contribution is 2.42. The molecule has 0 heterocycles. The van der Waals surface area contributed by atoms with Crippen molar-refractivity contribution in [3.8, 4) is 5.75 Å². The average molecular weight is 242 g/mol. The highest BCUT2D eigenvalue weighted by molar-refractivity contribution is 5.78. The van der Waals surface area contributed by atoms with E-state index < -0.39 is 23.2 Å². The SMILES string of the molecule is CC(Oc1cccc(F)c1F)(C(=O)O)C1CC1. The lowest BCUT2D eigenvalue weighted by molar-refractivity contribution is -0.155. The topological polar surface area (TPSA) is 46.5 Å². The van der Waals surface area contributed by atoms with Gasteiger partial charge >= 0.3 is 5.97 Å². The van der Waals surface area contributed by atoms with Crippen molar-refractivity contribution < 1.29 is 23.4 Å². The molecule has 1 aromatic carbocycles. The number of carboxylic acid groups (broad SMARTS) is 1. The zero-order valence-electron chi connectivity index (χ0n) is 9.24. The fourth-order valence-corrected chi connectivity index (χ4v) is 1.73. The van der Waals surface area contributed by atoms with Gasteiger partial charge in [-0.1, -0.05) is 6.07 Å². The molecule has 0 aromatic heterocycles. The van der Waals surface area contributed by atoms with Crippen LogP contribution in [-0.4, -0.2) is 16.7 Å². The second-order valence-corrected chi connectivity index (χ2v) is 4.34. The van der Waals surface area contributed by atoms with Gasteiger partial charge < -0.3 is 9.84 Å². The van der Waals surface area contributed by atoms with Crippen LogP contribution in [0.5, 0.6) is 5.75 Å². The Labute approximate surface area is 97.0 Å². The molecule has 1 N–H and O–H groups in total. The van der Waals surface area contributed by atoms with Gasteiger partial charge in [-0.2, -0.15) is 4.39 Å². The van der Waals surface area contributed by atoms with E-state index in [1.165, 1.54) is 19.1 Å². The van der Waals surface area contributed by atoms with E-state index in [9.17, 15) is 13.6 Å². The standard InChI is InChI=1S/C12H12F2O3/c1-12(11(15)16,7-5-6-7)17-9-4-2-3-8(13)10(9)14/h2-4,7H,5-6H2,1H3,(H,15,16). The van der Waals surface area contributed by atoms with Crippen molar-refractivity contribution in [3.63, 3.8) is 0 Å². The number of carbonyl (C=O) groups is 1. The van der Waals surface area contributed by atoms with Crippen LogP contribution >= 0.6 is 0 Å². The minimum Gasteiger partial charge on any atom is -0.478 e. The molecule has 0 spiro atoms. The van der Waals surface area contributed by atoms with Gasteiger partial charge in [-0.15, -0.1) is 0 Å². The largest absolute Gasteiger partial charge is 0.478 e. The molecule has 2 rings (SSSR count). The lowest BCUT2D eigenvalue weighted by Crippen LogP contribution is -2.44. The molecule has 5 heteroatoms. The predicted octanol–water partition coefficient (Wildman–Crippen LogP) is 2.60. The Morgan fingerprint density at radius 1 is 1.47 bits per heavy atom. The number of rotatable bonds is 4. The molecule has 0 aliphatic heterocycles. The van der Waals surface area contributed by atoms with E-state index in [1.54, 1.807) is 0 Å². The molecule has 1 fully saturated rings. The molecule has 1 unspecified atom stereocenters. The highest BCUT2D eigenvalue weighted by atomic mass is 19.2. The summed E-state index contributed by atoms with van der Waals surface area (Å²) in [5.41, 5.74) is -1.49. The normalized spacial score (nSPS) is 18.5. The van der Waals surface area contributed by atoms with E-state index in [4.69, 9.17) is 9.84 Å². The molecule has 3 nitrogen and oxygen atoms in total. The summed E-state index contributed by atoms with van der Waals surface area (Å²) in [5, 5.41) is 9.12. The van der Waals surface area contributed by atoms with Crippen LogP contribution in [0.3, 0.4) is 0 Å². The zero-order chi connectivity index (χ0) is 12.6. The Morgan fingerprint density at radius 3 is 2.65 bits per heavy atom. The summed E-state index contributed by atoms with van der Waals surface area (Å²) < 4.78 is 31.5. The van der Waals surface area contributed by atoms with Gasteiger partial charge in [0.1, 0.15) is 0 Å². The number of ether oxygens (including phenoxy) is 1. The first-order valence-corrected chi connectivity index (χ1v) is 5.31. The maximum atomic E-state index is 13.4. The van der Waals surface area contributed by atoms with E-state index in [2.05, 4.69) is 0 Å².